The number of carbonyl (C=O) groups is 2. The van der Waals surface area contributed by atoms with Crippen LogP contribution in [0.3, 0.4) is 0 Å². The van der Waals surface area contributed by atoms with Gasteiger partial charge in [-0.25, -0.2) is 9.66 Å². The number of nitrogens with zero attached hydrogens (tertiary/aromatic N) is 2. The summed E-state index contributed by atoms with van der Waals surface area (Å²) >= 11 is 0. The molecule has 1 aliphatic carbocycles. The van der Waals surface area contributed by atoms with Crippen LogP contribution < -0.4 is 10.2 Å². The minimum atomic E-state index is -0.247. The van der Waals surface area contributed by atoms with Crippen molar-refractivity contribution >= 4 is 22.7 Å². The Bertz CT molecular complexity index is 926. The summed E-state index contributed by atoms with van der Waals surface area (Å²) in [5, 5.41) is 0. The predicted molar refractivity (Wildman–Crippen MR) is 93.1 cm³/mol. The normalized spacial score (nSPS) is 13.6. The van der Waals surface area contributed by atoms with E-state index in [2.05, 4.69) is 10.4 Å². The summed E-state index contributed by atoms with van der Waals surface area (Å²) in [6.07, 6.45) is 3.53. The molecule has 6 heteroatoms. The van der Waals surface area contributed by atoms with Gasteiger partial charge in [-0.05, 0) is 49.2 Å². The van der Waals surface area contributed by atoms with Crippen molar-refractivity contribution in [2.24, 2.45) is 5.92 Å². The van der Waals surface area contributed by atoms with Gasteiger partial charge in [0, 0.05) is 11.5 Å². The number of carbonyl (C=O) groups excluding carboxylic acids is 2. The van der Waals surface area contributed by atoms with Gasteiger partial charge in [0.15, 0.2) is 5.78 Å². The zero-order valence-corrected chi connectivity index (χ0v) is 13.5. The number of hydrogen-bond donors (Lipinski definition) is 1. The summed E-state index contributed by atoms with van der Waals surface area (Å²) in [5.74, 6) is 0.672. The second-order valence-electron chi connectivity index (χ2n) is 6.10. The van der Waals surface area contributed by atoms with Gasteiger partial charge in [0.25, 0.3) is 5.91 Å². The lowest BCUT2D eigenvalue weighted by Crippen LogP contribution is -2.22. The first-order valence-corrected chi connectivity index (χ1v) is 8.20. The maximum absolute atomic E-state index is 12.4. The number of para-hydroxylation sites is 2. The van der Waals surface area contributed by atoms with Crippen LogP contribution >= 0.6 is 0 Å². The SMILES string of the molecule is O=C(Nn1cnc2ccccc21)c1ccc(OCC(=O)C2CC2)cc1. The lowest BCUT2D eigenvalue weighted by atomic mass is 10.2. The first-order chi connectivity index (χ1) is 12.2. The molecule has 0 spiro atoms. The third kappa shape index (κ3) is 3.38. The number of Topliss-reactive ketones (excluding diaryl/α,β-unsaturated/α-hetero) is 1. The van der Waals surface area contributed by atoms with E-state index in [1.165, 1.54) is 0 Å². The largest absolute Gasteiger partial charge is 0.486 e. The van der Waals surface area contributed by atoms with Gasteiger partial charge in [0.2, 0.25) is 0 Å². The Morgan fingerprint density at radius 3 is 2.64 bits per heavy atom. The molecule has 0 radical (unpaired) electrons. The van der Waals surface area contributed by atoms with Gasteiger partial charge in [-0.1, -0.05) is 12.1 Å². The van der Waals surface area contributed by atoms with E-state index in [-0.39, 0.29) is 24.2 Å². The third-order valence-electron chi connectivity index (χ3n) is 4.21. The molecule has 0 unspecified atom stereocenters. The molecule has 0 bridgehead atoms. The van der Waals surface area contributed by atoms with E-state index in [0.29, 0.717) is 11.3 Å². The smallest absolute Gasteiger partial charge is 0.270 e. The highest BCUT2D eigenvalue weighted by Crippen LogP contribution is 2.29. The maximum Gasteiger partial charge on any atom is 0.270 e. The van der Waals surface area contributed by atoms with Crippen LogP contribution in [0.4, 0.5) is 0 Å². The highest BCUT2D eigenvalue weighted by Gasteiger charge is 2.29. The predicted octanol–water partition coefficient (Wildman–Crippen LogP) is 2.78. The first kappa shape index (κ1) is 15.4. The van der Waals surface area contributed by atoms with E-state index >= 15 is 0 Å². The molecule has 1 fully saturated rings. The first-order valence-electron chi connectivity index (χ1n) is 8.20. The molecule has 0 atom stereocenters. The fourth-order valence-electron chi connectivity index (χ4n) is 2.60. The lowest BCUT2D eigenvalue weighted by Gasteiger charge is -2.08. The number of ether oxygens (including phenoxy) is 1. The number of benzene rings is 2. The number of amides is 1. The topological polar surface area (TPSA) is 73.2 Å². The number of imidazole rings is 1. The van der Waals surface area contributed by atoms with E-state index in [9.17, 15) is 9.59 Å². The minimum Gasteiger partial charge on any atom is -0.486 e. The second-order valence-corrected chi connectivity index (χ2v) is 6.10. The van der Waals surface area contributed by atoms with Crippen molar-refractivity contribution in [3.8, 4) is 5.75 Å². The lowest BCUT2D eigenvalue weighted by molar-refractivity contribution is -0.122. The molecule has 1 saturated carbocycles. The molecule has 1 aromatic heterocycles. The summed E-state index contributed by atoms with van der Waals surface area (Å²) in [4.78, 5) is 28.3. The van der Waals surface area contributed by atoms with Gasteiger partial charge in [0.05, 0.1) is 11.0 Å². The number of hydrogen-bond acceptors (Lipinski definition) is 4. The average Bonchev–Trinajstić information content (AvgIpc) is 3.43. The van der Waals surface area contributed by atoms with Gasteiger partial charge in [-0.3, -0.25) is 15.0 Å². The maximum atomic E-state index is 12.4. The Labute approximate surface area is 144 Å². The summed E-state index contributed by atoms with van der Waals surface area (Å²) in [7, 11) is 0. The fourth-order valence-corrected chi connectivity index (χ4v) is 2.60. The number of aromatic nitrogens is 2. The highest BCUT2D eigenvalue weighted by atomic mass is 16.5. The molecular formula is C19H17N3O3. The quantitative estimate of drug-likeness (QED) is 0.752. The molecule has 0 saturated heterocycles. The average molecular weight is 335 g/mol. The van der Waals surface area contributed by atoms with Crippen LogP contribution in [0.15, 0.2) is 54.9 Å². The molecule has 126 valence electrons. The van der Waals surface area contributed by atoms with Crippen LogP contribution in [-0.2, 0) is 4.79 Å². The summed E-state index contributed by atoms with van der Waals surface area (Å²) in [6.45, 7) is 0.0945. The molecule has 1 amide bonds. The molecule has 0 aliphatic heterocycles. The molecule has 3 aromatic rings. The van der Waals surface area contributed by atoms with Crippen molar-refractivity contribution in [3.05, 3.63) is 60.4 Å². The second kappa shape index (κ2) is 6.39. The van der Waals surface area contributed by atoms with Gasteiger partial charge < -0.3 is 4.74 Å². The van der Waals surface area contributed by atoms with Crippen LogP contribution in [0, 0.1) is 5.92 Å². The van der Waals surface area contributed by atoms with Crippen LogP contribution in [0.1, 0.15) is 23.2 Å². The molecule has 2 aromatic carbocycles. The Kier molecular flexibility index (Phi) is 3.93. The van der Waals surface area contributed by atoms with E-state index < -0.39 is 0 Å². The van der Waals surface area contributed by atoms with Crippen molar-refractivity contribution < 1.29 is 14.3 Å². The zero-order valence-electron chi connectivity index (χ0n) is 13.5. The van der Waals surface area contributed by atoms with Gasteiger partial charge in [0.1, 0.15) is 18.7 Å². The Hall–Kier alpha value is -3.15. The molecule has 25 heavy (non-hydrogen) atoms. The van der Waals surface area contributed by atoms with E-state index in [1.807, 2.05) is 24.3 Å². The monoisotopic (exact) mass is 335 g/mol. The third-order valence-corrected chi connectivity index (χ3v) is 4.21. The van der Waals surface area contributed by atoms with E-state index in [4.69, 9.17) is 4.74 Å². The van der Waals surface area contributed by atoms with E-state index in [1.54, 1.807) is 35.3 Å². The Balaban J connectivity index is 1.40. The minimum absolute atomic E-state index is 0.0945. The van der Waals surface area contributed by atoms with Gasteiger partial charge in [-0.2, -0.15) is 0 Å². The molecule has 1 N–H and O–H groups in total. The van der Waals surface area contributed by atoms with Gasteiger partial charge in [-0.15, -0.1) is 0 Å². The van der Waals surface area contributed by atoms with E-state index in [0.717, 1.165) is 23.9 Å². The molecule has 4 rings (SSSR count). The van der Waals surface area contributed by atoms with Crippen molar-refractivity contribution in [3.63, 3.8) is 0 Å². The van der Waals surface area contributed by atoms with Crippen molar-refractivity contribution in [1.82, 2.24) is 9.66 Å². The van der Waals surface area contributed by atoms with Crippen LogP contribution in [-0.4, -0.2) is 28.0 Å². The number of rotatable bonds is 6. The highest BCUT2D eigenvalue weighted by molar-refractivity contribution is 6.00. The Morgan fingerprint density at radius 2 is 1.88 bits per heavy atom. The summed E-state index contributed by atoms with van der Waals surface area (Å²) in [5.41, 5.74) is 4.93. The molecule has 1 aliphatic rings. The zero-order chi connectivity index (χ0) is 17.2. The fraction of sp³-hybridized carbons (Fsp3) is 0.211. The summed E-state index contributed by atoms with van der Waals surface area (Å²) in [6, 6.07) is 14.3. The number of ketones is 1. The van der Waals surface area contributed by atoms with Gasteiger partial charge >= 0.3 is 0 Å². The number of fused-ring (bicyclic) bond motifs is 1. The van der Waals surface area contributed by atoms with Crippen molar-refractivity contribution in [2.75, 3.05) is 12.0 Å². The van der Waals surface area contributed by atoms with Crippen LogP contribution in [0.2, 0.25) is 0 Å². The van der Waals surface area contributed by atoms with Crippen molar-refractivity contribution in [2.45, 2.75) is 12.8 Å². The molecule has 6 nitrogen and oxygen atoms in total. The summed E-state index contributed by atoms with van der Waals surface area (Å²) < 4.78 is 7.06. The van der Waals surface area contributed by atoms with Crippen LogP contribution in [0.25, 0.3) is 11.0 Å². The van der Waals surface area contributed by atoms with Crippen molar-refractivity contribution in [1.29, 1.82) is 0 Å². The Morgan fingerprint density at radius 1 is 1.12 bits per heavy atom. The molecule has 1 heterocycles. The number of nitrogens with one attached hydrogen (secondary N) is 1. The van der Waals surface area contributed by atoms with Crippen LogP contribution in [0.5, 0.6) is 5.75 Å². The molecular weight excluding hydrogens is 318 g/mol. The standard InChI is InChI=1S/C19H17N3O3/c23-18(13-5-6-13)11-25-15-9-7-14(8-10-15)19(24)21-22-12-20-16-3-1-2-4-17(16)22/h1-4,7-10,12-13H,5-6,11H2,(H,21,24).